The van der Waals surface area contributed by atoms with Gasteiger partial charge in [0.25, 0.3) is 0 Å². The summed E-state index contributed by atoms with van der Waals surface area (Å²) in [5, 5.41) is 8.88. The number of nitrogens with one attached hydrogen (secondary N) is 1. The molecule has 2 aromatic rings. The van der Waals surface area contributed by atoms with E-state index in [1.807, 2.05) is 6.07 Å². The van der Waals surface area contributed by atoms with Crippen molar-refractivity contribution >= 4 is 5.97 Å². The van der Waals surface area contributed by atoms with E-state index in [4.69, 9.17) is 5.11 Å². The minimum absolute atomic E-state index is 0.262. The molecule has 0 fully saturated rings. The quantitative estimate of drug-likeness (QED) is 0.754. The average Bonchev–Trinajstić information content (AvgIpc) is 2.67. The van der Waals surface area contributed by atoms with Gasteiger partial charge in [0, 0.05) is 35.9 Å². The van der Waals surface area contributed by atoms with Crippen molar-refractivity contribution in [3.8, 4) is 11.1 Å². The Labute approximate surface area is 80.2 Å². The summed E-state index contributed by atoms with van der Waals surface area (Å²) in [5.74, 6) is -0.940. The summed E-state index contributed by atoms with van der Waals surface area (Å²) in [4.78, 5) is 17.5. The summed E-state index contributed by atoms with van der Waals surface area (Å²) in [7, 11) is 0. The molecule has 0 radical (unpaired) electrons. The SMILES string of the molecule is O=C(O)c1c[nH]cc1-c1cccnc1. The molecule has 14 heavy (non-hydrogen) atoms. The van der Waals surface area contributed by atoms with Crippen LogP contribution in [0, 0.1) is 0 Å². The van der Waals surface area contributed by atoms with Crippen LogP contribution in [0.4, 0.5) is 0 Å². The number of hydrogen-bond donors (Lipinski definition) is 2. The van der Waals surface area contributed by atoms with Gasteiger partial charge < -0.3 is 10.1 Å². The normalized spacial score (nSPS) is 10.0. The molecule has 70 valence electrons. The maximum absolute atomic E-state index is 10.8. The molecule has 0 bridgehead atoms. The summed E-state index contributed by atoms with van der Waals surface area (Å²) in [5.41, 5.74) is 1.72. The molecule has 2 aromatic heterocycles. The molecule has 2 rings (SSSR count). The summed E-state index contributed by atoms with van der Waals surface area (Å²) in [6.45, 7) is 0. The fourth-order valence-electron chi connectivity index (χ4n) is 1.30. The zero-order chi connectivity index (χ0) is 9.97. The van der Waals surface area contributed by atoms with E-state index < -0.39 is 5.97 Å². The number of H-pyrrole nitrogens is 1. The van der Waals surface area contributed by atoms with Crippen LogP contribution in [0.1, 0.15) is 10.4 Å². The van der Waals surface area contributed by atoms with Gasteiger partial charge in [-0.05, 0) is 6.07 Å². The molecule has 0 saturated heterocycles. The predicted octanol–water partition coefficient (Wildman–Crippen LogP) is 1.77. The van der Waals surface area contributed by atoms with Gasteiger partial charge in [0.2, 0.25) is 0 Å². The van der Waals surface area contributed by atoms with E-state index in [0.717, 1.165) is 5.56 Å². The van der Waals surface area contributed by atoms with Crippen LogP contribution in [0.3, 0.4) is 0 Å². The topological polar surface area (TPSA) is 66.0 Å². The molecule has 0 saturated carbocycles. The highest BCUT2D eigenvalue weighted by atomic mass is 16.4. The van der Waals surface area contributed by atoms with Crippen molar-refractivity contribution in [1.29, 1.82) is 0 Å². The first-order valence-electron chi connectivity index (χ1n) is 4.09. The second kappa shape index (κ2) is 3.33. The molecule has 2 heterocycles. The third-order valence-electron chi connectivity index (χ3n) is 1.95. The predicted molar refractivity (Wildman–Crippen MR) is 51.0 cm³/mol. The summed E-state index contributed by atoms with van der Waals surface area (Å²) in [6.07, 6.45) is 6.40. The van der Waals surface area contributed by atoms with Crippen LogP contribution in [-0.4, -0.2) is 21.0 Å². The van der Waals surface area contributed by atoms with Crippen molar-refractivity contribution in [1.82, 2.24) is 9.97 Å². The zero-order valence-electron chi connectivity index (χ0n) is 7.27. The number of carbonyl (C=O) groups is 1. The molecule has 0 unspecified atom stereocenters. The lowest BCUT2D eigenvalue weighted by Gasteiger charge is -1.98. The van der Waals surface area contributed by atoms with Gasteiger partial charge in [-0.25, -0.2) is 4.79 Å². The van der Waals surface area contributed by atoms with Crippen molar-refractivity contribution in [2.45, 2.75) is 0 Å². The van der Waals surface area contributed by atoms with Gasteiger partial charge in [-0.2, -0.15) is 0 Å². The first kappa shape index (κ1) is 8.50. The van der Waals surface area contributed by atoms with E-state index in [2.05, 4.69) is 9.97 Å². The molecule has 0 aliphatic rings. The van der Waals surface area contributed by atoms with E-state index in [0.29, 0.717) is 5.56 Å². The molecule has 0 amide bonds. The van der Waals surface area contributed by atoms with Gasteiger partial charge in [-0.1, -0.05) is 6.07 Å². The van der Waals surface area contributed by atoms with Gasteiger partial charge in [0.05, 0.1) is 5.56 Å². The van der Waals surface area contributed by atoms with Crippen molar-refractivity contribution < 1.29 is 9.90 Å². The van der Waals surface area contributed by atoms with Crippen LogP contribution < -0.4 is 0 Å². The van der Waals surface area contributed by atoms with Crippen LogP contribution in [-0.2, 0) is 0 Å². The van der Waals surface area contributed by atoms with E-state index in [-0.39, 0.29) is 5.56 Å². The second-order valence-corrected chi connectivity index (χ2v) is 2.83. The summed E-state index contributed by atoms with van der Waals surface area (Å²) >= 11 is 0. The van der Waals surface area contributed by atoms with Gasteiger partial charge in [-0.15, -0.1) is 0 Å². The lowest BCUT2D eigenvalue weighted by molar-refractivity contribution is 0.0698. The molecular formula is C10H8N2O2. The van der Waals surface area contributed by atoms with E-state index in [1.54, 1.807) is 24.7 Å². The number of nitrogens with zero attached hydrogens (tertiary/aromatic N) is 1. The Morgan fingerprint density at radius 3 is 2.93 bits per heavy atom. The number of aromatic amines is 1. The third kappa shape index (κ3) is 1.37. The Hall–Kier alpha value is -2.10. The molecule has 0 aliphatic carbocycles. The largest absolute Gasteiger partial charge is 0.478 e. The maximum Gasteiger partial charge on any atom is 0.337 e. The van der Waals surface area contributed by atoms with E-state index >= 15 is 0 Å². The van der Waals surface area contributed by atoms with Gasteiger partial charge in [0.15, 0.2) is 0 Å². The summed E-state index contributed by atoms with van der Waals surface area (Å²) < 4.78 is 0. The first-order chi connectivity index (χ1) is 6.79. The van der Waals surface area contributed by atoms with Gasteiger partial charge in [0.1, 0.15) is 0 Å². The molecule has 0 aliphatic heterocycles. The Bertz CT molecular complexity index is 448. The Kier molecular flexibility index (Phi) is 2.02. The highest BCUT2D eigenvalue weighted by Gasteiger charge is 2.11. The number of aromatic nitrogens is 2. The number of pyridine rings is 1. The number of rotatable bonds is 2. The Morgan fingerprint density at radius 2 is 2.29 bits per heavy atom. The number of aromatic carboxylic acids is 1. The molecule has 4 nitrogen and oxygen atoms in total. The molecule has 0 spiro atoms. The summed E-state index contributed by atoms with van der Waals surface area (Å²) in [6, 6.07) is 3.59. The first-order valence-corrected chi connectivity index (χ1v) is 4.09. The highest BCUT2D eigenvalue weighted by Crippen LogP contribution is 2.21. The molecule has 0 aromatic carbocycles. The van der Waals surface area contributed by atoms with Crippen LogP contribution >= 0.6 is 0 Å². The van der Waals surface area contributed by atoms with E-state index in [9.17, 15) is 4.79 Å². The average molecular weight is 188 g/mol. The second-order valence-electron chi connectivity index (χ2n) is 2.83. The van der Waals surface area contributed by atoms with Crippen molar-refractivity contribution in [3.63, 3.8) is 0 Å². The molecule has 4 heteroatoms. The van der Waals surface area contributed by atoms with Crippen LogP contribution in [0.2, 0.25) is 0 Å². The minimum Gasteiger partial charge on any atom is -0.478 e. The lowest BCUT2D eigenvalue weighted by Crippen LogP contribution is -1.95. The van der Waals surface area contributed by atoms with Crippen molar-refractivity contribution in [2.24, 2.45) is 0 Å². The molecular weight excluding hydrogens is 180 g/mol. The van der Waals surface area contributed by atoms with Crippen LogP contribution in [0.5, 0.6) is 0 Å². The molecule has 0 atom stereocenters. The number of carboxylic acid groups (broad SMARTS) is 1. The highest BCUT2D eigenvalue weighted by molar-refractivity contribution is 5.95. The zero-order valence-corrected chi connectivity index (χ0v) is 7.27. The lowest BCUT2D eigenvalue weighted by atomic mass is 10.1. The Morgan fingerprint density at radius 1 is 1.43 bits per heavy atom. The standard InChI is InChI=1S/C10H8N2O2/c13-10(14)9-6-12-5-8(9)7-2-1-3-11-4-7/h1-6,12H,(H,13,14). The minimum atomic E-state index is -0.940. The Balaban J connectivity index is 2.52. The third-order valence-corrected chi connectivity index (χ3v) is 1.95. The van der Waals surface area contributed by atoms with Crippen LogP contribution in [0.15, 0.2) is 36.9 Å². The van der Waals surface area contributed by atoms with Crippen LogP contribution in [0.25, 0.3) is 11.1 Å². The van der Waals surface area contributed by atoms with Crippen molar-refractivity contribution in [2.75, 3.05) is 0 Å². The number of hydrogen-bond acceptors (Lipinski definition) is 2. The number of carboxylic acids is 1. The monoisotopic (exact) mass is 188 g/mol. The molecule has 2 N–H and O–H groups in total. The van der Waals surface area contributed by atoms with E-state index in [1.165, 1.54) is 6.20 Å². The van der Waals surface area contributed by atoms with Crippen molar-refractivity contribution in [3.05, 3.63) is 42.5 Å². The van der Waals surface area contributed by atoms with Gasteiger partial charge >= 0.3 is 5.97 Å². The fraction of sp³-hybridized carbons (Fsp3) is 0. The maximum atomic E-state index is 10.8. The fourth-order valence-corrected chi connectivity index (χ4v) is 1.30. The van der Waals surface area contributed by atoms with Gasteiger partial charge in [-0.3, -0.25) is 4.98 Å². The smallest absolute Gasteiger partial charge is 0.337 e.